The van der Waals surface area contributed by atoms with Gasteiger partial charge in [-0.1, -0.05) is 12.1 Å². The second-order valence-corrected chi connectivity index (χ2v) is 4.56. The molecule has 0 spiro atoms. The van der Waals surface area contributed by atoms with Crippen LogP contribution >= 0.6 is 0 Å². The first-order valence-corrected chi connectivity index (χ1v) is 6.14. The van der Waals surface area contributed by atoms with E-state index in [1.54, 1.807) is 12.3 Å². The number of benzene rings is 1. The summed E-state index contributed by atoms with van der Waals surface area (Å²) < 4.78 is 5.22. The lowest BCUT2D eigenvalue weighted by molar-refractivity contribution is 0.0696. The van der Waals surface area contributed by atoms with Gasteiger partial charge in [0.25, 0.3) is 0 Å². The molecule has 0 atom stereocenters. The third kappa shape index (κ3) is 3.23. The highest BCUT2D eigenvalue weighted by Crippen LogP contribution is 2.12. The summed E-state index contributed by atoms with van der Waals surface area (Å²) in [6.07, 6.45) is 1.68. The van der Waals surface area contributed by atoms with E-state index in [4.69, 9.17) is 9.52 Å². The fraction of sp³-hybridized carbons (Fsp3) is 0.267. The second-order valence-electron chi connectivity index (χ2n) is 4.56. The van der Waals surface area contributed by atoms with Gasteiger partial charge < -0.3 is 14.8 Å². The van der Waals surface area contributed by atoms with Gasteiger partial charge in [0.05, 0.1) is 11.8 Å². The topological polar surface area (TPSA) is 62.5 Å². The van der Waals surface area contributed by atoms with Crippen molar-refractivity contribution in [2.45, 2.75) is 26.9 Å². The van der Waals surface area contributed by atoms with Crippen molar-refractivity contribution in [2.75, 3.05) is 0 Å². The number of hydrogen-bond acceptors (Lipinski definition) is 3. The Balaban J connectivity index is 1.95. The van der Waals surface area contributed by atoms with Crippen LogP contribution in [0.2, 0.25) is 0 Å². The van der Waals surface area contributed by atoms with Crippen LogP contribution in [0.3, 0.4) is 0 Å². The van der Waals surface area contributed by atoms with E-state index >= 15 is 0 Å². The van der Waals surface area contributed by atoms with Gasteiger partial charge in [0.15, 0.2) is 0 Å². The fourth-order valence-corrected chi connectivity index (χ4v) is 2.01. The van der Waals surface area contributed by atoms with Crippen LogP contribution in [0.4, 0.5) is 0 Å². The molecule has 2 N–H and O–H groups in total. The van der Waals surface area contributed by atoms with Crippen molar-refractivity contribution in [3.63, 3.8) is 0 Å². The van der Waals surface area contributed by atoms with Crippen molar-refractivity contribution < 1.29 is 14.3 Å². The lowest BCUT2D eigenvalue weighted by Gasteiger charge is -2.07. The second kappa shape index (κ2) is 5.71. The Kier molecular flexibility index (Phi) is 4.02. The summed E-state index contributed by atoms with van der Waals surface area (Å²) in [4.78, 5) is 10.9. The van der Waals surface area contributed by atoms with Crippen molar-refractivity contribution in [1.29, 1.82) is 0 Å². The summed E-state index contributed by atoms with van der Waals surface area (Å²) in [7, 11) is 0. The Hall–Kier alpha value is -2.07. The van der Waals surface area contributed by atoms with Crippen molar-refractivity contribution in [3.8, 4) is 0 Å². The first-order valence-electron chi connectivity index (χ1n) is 6.14. The normalized spacial score (nSPS) is 10.6. The highest BCUT2D eigenvalue weighted by Gasteiger charge is 2.07. The van der Waals surface area contributed by atoms with Crippen molar-refractivity contribution in [3.05, 3.63) is 58.5 Å². The number of carboxylic acid groups (broad SMARTS) is 1. The summed E-state index contributed by atoms with van der Waals surface area (Å²) >= 11 is 0. The zero-order chi connectivity index (χ0) is 13.8. The highest BCUT2D eigenvalue weighted by molar-refractivity contribution is 5.89. The highest BCUT2D eigenvalue weighted by atomic mass is 16.4. The molecule has 0 radical (unpaired) electrons. The molecular weight excluding hydrogens is 242 g/mol. The molecule has 19 heavy (non-hydrogen) atoms. The van der Waals surface area contributed by atoms with E-state index in [9.17, 15) is 4.79 Å². The number of carboxylic acids is 1. The summed E-state index contributed by atoms with van der Waals surface area (Å²) in [5.74, 6) is 0.0379. The van der Waals surface area contributed by atoms with Crippen LogP contribution in [0.15, 0.2) is 34.9 Å². The molecule has 4 nitrogen and oxygen atoms in total. The number of furan rings is 1. The average Bonchev–Trinajstić information content (AvgIpc) is 2.75. The van der Waals surface area contributed by atoms with Crippen LogP contribution in [0.25, 0.3) is 0 Å². The van der Waals surface area contributed by atoms with Gasteiger partial charge in [-0.15, -0.1) is 0 Å². The molecule has 0 fully saturated rings. The van der Waals surface area contributed by atoms with Crippen LogP contribution in [-0.2, 0) is 13.1 Å². The van der Waals surface area contributed by atoms with E-state index in [1.165, 1.54) is 0 Å². The van der Waals surface area contributed by atoms with Crippen LogP contribution in [0.5, 0.6) is 0 Å². The molecule has 1 heterocycles. The van der Waals surface area contributed by atoms with E-state index < -0.39 is 5.97 Å². The number of nitrogens with one attached hydrogen (secondary N) is 1. The number of aryl methyl sites for hydroxylation is 2. The molecule has 0 amide bonds. The first kappa shape index (κ1) is 13.4. The molecule has 0 aliphatic rings. The SMILES string of the molecule is Cc1cc(CNCc2ccoc2C)ccc1C(=O)O. The van der Waals surface area contributed by atoms with Gasteiger partial charge in [-0.2, -0.15) is 0 Å². The molecule has 2 aromatic rings. The maximum Gasteiger partial charge on any atom is 0.335 e. The monoisotopic (exact) mass is 259 g/mol. The van der Waals surface area contributed by atoms with E-state index in [0.29, 0.717) is 12.1 Å². The van der Waals surface area contributed by atoms with Gasteiger partial charge >= 0.3 is 5.97 Å². The number of hydrogen-bond donors (Lipinski definition) is 2. The predicted octanol–water partition coefficient (Wildman–Crippen LogP) is 2.88. The Morgan fingerprint density at radius 3 is 2.63 bits per heavy atom. The molecule has 2 rings (SSSR count). The van der Waals surface area contributed by atoms with Gasteiger partial charge in [0, 0.05) is 18.7 Å². The minimum absolute atomic E-state index is 0.356. The summed E-state index contributed by atoms with van der Waals surface area (Å²) in [6.45, 7) is 5.18. The van der Waals surface area contributed by atoms with Gasteiger partial charge in [0.1, 0.15) is 5.76 Å². The molecule has 0 saturated heterocycles. The van der Waals surface area contributed by atoms with E-state index in [0.717, 1.165) is 29.0 Å². The molecule has 0 bridgehead atoms. The Morgan fingerprint density at radius 2 is 2.05 bits per heavy atom. The minimum Gasteiger partial charge on any atom is -0.478 e. The molecule has 0 aliphatic carbocycles. The van der Waals surface area contributed by atoms with Gasteiger partial charge in [-0.05, 0) is 37.1 Å². The first-order chi connectivity index (χ1) is 9.08. The predicted molar refractivity (Wildman–Crippen MR) is 72.1 cm³/mol. The Bertz CT molecular complexity index is 587. The van der Waals surface area contributed by atoms with E-state index in [1.807, 2.05) is 32.0 Å². The van der Waals surface area contributed by atoms with Crippen molar-refractivity contribution in [1.82, 2.24) is 5.32 Å². The van der Waals surface area contributed by atoms with Crippen LogP contribution in [-0.4, -0.2) is 11.1 Å². The molecule has 0 unspecified atom stereocenters. The summed E-state index contributed by atoms with van der Waals surface area (Å²) in [5.41, 5.74) is 3.35. The molecule has 100 valence electrons. The lowest BCUT2D eigenvalue weighted by atomic mass is 10.1. The van der Waals surface area contributed by atoms with E-state index in [-0.39, 0.29) is 0 Å². The Morgan fingerprint density at radius 1 is 1.26 bits per heavy atom. The van der Waals surface area contributed by atoms with Crippen molar-refractivity contribution in [2.24, 2.45) is 0 Å². The third-order valence-electron chi connectivity index (χ3n) is 3.13. The van der Waals surface area contributed by atoms with Gasteiger partial charge in [-0.25, -0.2) is 4.79 Å². The van der Waals surface area contributed by atoms with Crippen LogP contribution in [0, 0.1) is 13.8 Å². The standard InChI is InChI=1S/C15H17NO3/c1-10-7-12(3-4-14(10)15(17)18)8-16-9-13-5-6-19-11(13)2/h3-7,16H,8-9H2,1-2H3,(H,17,18). The zero-order valence-corrected chi connectivity index (χ0v) is 11.1. The van der Waals surface area contributed by atoms with Crippen LogP contribution in [0.1, 0.15) is 32.8 Å². The number of carbonyl (C=O) groups is 1. The summed E-state index contributed by atoms with van der Waals surface area (Å²) in [5, 5.41) is 12.3. The summed E-state index contributed by atoms with van der Waals surface area (Å²) in [6, 6.07) is 7.34. The lowest BCUT2D eigenvalue weighted by Crippen LogP contribution is -2.13. The largest absolute Gasteiger partial charge is 0.478 e. The minimum atomic E-state index is -0.883. The van der Waals surface area contributed by atoms with E-state index in [2.05, 4.69) is 5.32 Å². The number of aromatic carboxylic acids is 1. The zero-order valence-electron chi connectivity index (χ0n) is 11.1. The average molecular weight is 259 g/mol. The molecule has 4 heteroatoms. The third-order valence-corrected chi connectivity index (χ3v) is 3.13. The van der Waals surface area contributed by atoms with Gasteiger partial charge in [-0.3, -0.25) is 0 Å². The maximum absolute atomic E-state index is 10.9. The Labute approximate surface area is 112 Å². The molecular formula is C15H17NO3. The fourth-order valence-electron chi connectivity index (χ4n) is 2.01. The maximum atomic E-state index is 10.9. The van der Waals surface area contributed by atoms with Crippen LogP contribution < -0.4 is 5.32 Å². The molecule has 1 aromatic carbocycles. The molecule has 0 saturated carbocycles. The van der Waals surface area contributed by atoms with Crippen molar-refractivity contribution >= 4 is 5.97 Å². The smallest absolute Gasteiger partial charge is 0.335 e. The quantitative estimate of drug-likeness (QED) is 0.866. The molecule has 1 aromatic heterocycles. The molecule has 0 aliphatic heterocycles. The number of rotatable bonds is 5. The van der Waals surface area contributed by atoms with Gasteiger partial charge in [0.2, 0.25) is 0 Å².